The molecule has 0 spiro atoms. The van der Waals surface area contributed by atoms with Crippen LogP contribution in [0, 0.1) is 11.6 Å². The molecular weight excluding hydrogens is 526 g/mol. The van der Waals surface area contributed by atoms with Gasteiger partial charge in [-0.2, -0.15) is 26.3 Å². The lowest BCUT2D eigenvalue weighted by atomic mass is 9.77. The van der Waals surface area contributed by atoms with E-state index in [-0.39, 0.29) is 17.5 Å². The van der Waals surface area contributed by atoms with E-state index in [1.165, 1.54) is 12.1 Å². The van der Waals surface area contributed by atoms with Crippen molar-refractivity contribution >= 4 is 6.03 Å². The van der Waals surface area contributed by atoms with Crippen molar-refractivity contribution in [2.75, 3.05) is 6.54 Å². The topological polar surface area (TPSA) is 76.4 Å². The fraction of sp³-hybridized carbons (Fsp3) is 0.240. The van der Waals surface area contributed by atoms with E-state index >= 15 is 0 Å². The van der Waals surface area contributed by atoms with Crippen molar-refractivity contribution in [2.24, 2.45) is 5.73 Å². The number of hydrogen-bond acceptors (Lipinski definition) is 3. The number of ether oxygens (including phenoxy) is 1. The number of amides is 2. The van der Waals surface area contributed by atoms with Crippen LogP contribution in [0.5, 0.6) is 5.75 Å². The Bertz CT molecular complexity index is 1240. The lowest BCUT2D eigenvalue weighted by Crippen LogP contribution is -2.54. The molecule has 5 nitrogen and oxygen atoms in total. The number of rotatable bonds is 10. The van der Waals surface area contributed by atoms with E-state index in [1.807, 2.05) is 5.32 Å². The molecule has 0 aromatic heterocycles. The summed E-state index contributed by atoms with van der Waals surface area (Å²) in [5.74, 6) is -2.92. The van der Waals surface area contributed by atoms with Crippen molar-refractivity contribution in [3.05, 3.63) is 101 Å². The maximum Gasteiger partial charge on any atom is 0.461 e. The Hall–Kier alpha value is -3.87. The van der Waals surface area contributed by atoms with Crippen molar-refractivity contribution in [3.8, 4) is 5.75 Å². The minimum atomic E-state index is -4.99. The highest BCUT2D eigenvalue weighted by Gasteiger charge is 2.45. The van der Waals surface area contributed by atoms with Crippen LogP contribution in [0.1, 0.15) is 16.7 Å². The highest BCUT2D eigenvalue weighted by molar-refractivity contribution is 5.76. The number of benzene rings is 3. The Morgan fingerprint density at radius 3 is 2.08 bits per heavy atom. The molecule has 0 aliphatic carbocycles. The van der Waals surface area contributed by atoms with Crippen molar-refractivity contribution in [1.82, 2.24) is 10.6 Å². The number of hydrogen-bond donors (Lipinski definition) is 3. The fourth-order valence-electron chi connectivity index (χ4n) is 3.70. The number of urea groups is 1. The summed E-state index contributed by atoms with van der Waals surface area (Å²) >= 11 is 0. The summed E-state index contributed by atoms with van der Waals surface area (Å²) in [5, 5.41) is 4.28. The van der Waals surface area contributed by atoms with Gasteiger partial charge in [0, 0.05) is 12.5 Å². The highest BCUT2D eigenvalue weighted by atomic mass is 19.3. The average Bonchev–Trinajstić information content (AvgIpc) is 2.82. The molecule has 0 saturated carbocycles. The molecule has 0 saturated heterocycles. The van der Waals surface area contributed by atoms with Gasteiger partial charge in [-0.25, -0.2) is 13.6 Å². The average molecular weight is 547 g/mol. The summed E-state index contributed by atoms with van der Waals surface area (Å²) in [4.78, 5) is 12.8. The van der Waals surface area contributed by atoms with E-state index in [1.54, 1.807) is 30.3 Å². The predicted octanol–water partition coefficient (Wildman–Crippen LogP) is 5.54. The molecule has 0 heterocycles. The van der Waals surface area contributed by atoms with Gasteiger partial charge in [0.15, 0.2) is 0 Å². The Kier molecular flexibility index (Phi) is 8.50. The predicted molar refractivity (Wildman–Crippen MR) is 121 cm³/mol. The van der Waals surface area contributed by atoms with E-state index in [9.17, 15) is 39.9 Å². The van der Waals surface area contributed by atoms with Crippen LogP contribution in [0.3, 0.4) is 0 Å². The van der Waals surface area contributed by atoms with Gasteiger partial charge in [-0.15, -0.1) is 0 Å². The molecule has 3 aromatic rings. The Morgan fingerprint density at radius 2 is 1.50 bits per heavy atom. The third kappa shape index (κ3) is 7.34. The summed E-state index contributed by atoms with van der Waals surface area (Å²) in [6.45, 7) is -1.30. The van der Waals surface area contributed by atoms with Crippen molar-refractivity contribution < 1.29 is 44.7 Å². The van der Waals surface area contributed by atoms with Crippen molar-refractivity contribution in [3.63, 3.8) is 0 Å². The molecular formula is C25H21F8N3O2. The Labute approximate surface area is 211 Å². The summed E-state index contributed by atoms with van der Waals surface area (Å²) in [7, 11) is 0. The zero-order valence-corrected chi connectivity index (χ0v) is 19.3. The van der Waals surface area contributed by atoms with Gasteiger partial charge in [-0.1, -0.05) is 42.5 Å². The van der Waals surface area contributed by atoms with Crippen molar-refractivity contribution in [1.29, 1.82) is 0 Å². The molecule has 0 unspecified atom stereocenters. The highest BCUT2D eigenvalue weighted by Crippen LogP contribution is 2.37. The summed E-state index contributed by atoms with van der Waals surface area (Å²) in [5.41, 5.74) is 2.91. The van der Waals surface area contributed by atoms with Crippen LogP contribution in [0.25, 0.3) is 0 Å². The van der Waals surface area contributed by atoms with Gasteiger partial charge in [-0.05, 0) is 41.0 Å². The largest absolute Gasteiger partial charge is 0.461 e. The molecule has 4 N–H and O–H groups in total. The first-order valence-corrected chi connectivity index (χ1v) is 10.9. The number of nitrogens with one attached hydrogen (secondary N) is 2. The number of alkyl halides is 6. The first-order valence-electron chi connectivity index (χ1n) is 10.9. The van der Waals surface area contributed by atoms with E-state index in [0.717, 1.165) is 24.3 Å². The van der Waals surface area contributed by atoms with Gasteiger partial charge in [0.25, 0.3) is 0 Å². The molecule has 0 aliphatic rings. The number of carbonyl (C=O) groups excluding carboxylic acids is 1. The van der Waals surface area contributed by atoms with E-state index in [0.29, 0.717) is 11.6 Å². The third-order valence-corrected chi connectivity index (χ3v) is 5.33. The van der Waals surface area contributed by atoms with E-state index in [2.05, 4.69) is 15.8 Å². The molecule has 204 valence electrons. The molecule has 3 rings (SSSR count). The van der Waals surface area contributed by atoms with Crippen molar-refractivity contribution in [2.45, 2.75) is 30.5 Å². The van der Waals surface area contributed by atoms with Crippen LogP contribution in [0.2, 0.25) is 0 Å². The SMILES string of the molecule is NC(F)(F)CNC(=O)N[C@](Cc1ccccc1)(c1ccc(F)cc1)c1cc(F)cc(OC(F)(F)C(F)F)c1. The zero-order valence-electron chi connectivity index (χ0n) is 19.3. The zero-order chi connectivity index (χ0) is 28.1. The molecule has 3 aromatic carbocycles. The number of nitrogens with two attached hydrogens (primary N) is 1. The van der Waals surface area contributed by atoms with Crippen LogP contribution in [-0.4, -0.2) is 31.2 Å². The minimum Gasteiger partial charge on any atom is -0.428 e. The first-order chi connectivity index (χ1) is 17.7. The maximum absolute atomic E-state index is 14.7. The lowest BCUT2D eigenvalue weighted by Gasteiger charge is -2.37. The Morgan fingerprint density at radius 1 is 0.868 bits per heavy atom. The molecule has 38 heavy (non-hydrogen) atoms. The maximum atomic E-state index is 14.7. The van der Waals surface area contributed by atoms with Gasteiger partial charge in [0.2, 0.25) is 0 Å². The summed E-state index contributed by atoms with van der Waals surface area (Å²) in [6.07, 6.45) is -9.48. The second-order valence-electron chi connectivity index (χ2n) is 8.28. The molecule has 0 radical (unpaired) electrons. The van der Waals surface area contributed by atoms with Gasteiger partial charge >= 0.3 is 24.6 Å². The van der Waals surface area contributed by atoms with Gasteiger partial charge in [-0.3, -0.25) is 5.73 Å². The first kappa shape index (κ1) is 28.7. The second kappa shape index (κ2) is 11.3. The van der Waals surface area contributed by atoms with Gasteiger partial charge in [0.1, 0.15) is 17.4 Å². The fourth-order valence-corrected chi connectivity index (χ4v) is 3.70. The number of carbonyl (C=O) groups is 1. The standard InChI is InChI=1S/C25H21F8N3O2/c26-18-8-6-16(7-9-18)23(13-15-4-2-1-3-5-15,36-22(37)35-14-24(30,31)34)17-10-19(27)12-20(11-17)38-25(32,33)21(28)29/h1-12,21H,13-14,34H2,(H2,35,36,37)/t23-/m1/s1. The van der Waals surface area contributed by atoms with Gasteiger partial charge in [0.05, 0.1) is 12.1 Å². The second-order valence-corrected chi connectivity index (χ2v) is 8.28. The monoisotopic (exact) mass is 547 g/mol. The van der Waals surface area contributed by atoms with Crippen LogP contribution in [0.15, 0.2) is 72.8 Å². The summed E-state index contributed by atoms with van der Waals surface area (Å²) in [6, 6.07) is 9.41. The van der Waals surface area contributed by atoms with E-state index in [4.69, 9.17) is 0 Å². The quantitative estimate of drug-likeness (QED) is 0.231. The molecule has 2 amide bonds. The Balaban J connectivity index is 2.21. The molecule has 0 fully saturated rings. The normalized spacial score (nSPS) is 13.6. The van der Waals surface area contributed by atoms with Crippen LogP contribution >= 0.6 is 0 Å². The molecule has 1 atom stereocenters. The molecule has 0 bridgehead atoms. The van der Waals surface area contributed by atoms with Crippen LogP contribution in [-0.2, 0) is 12.0 Å². The van der Waals surface area contributed by atoms with Crippen LogP contribution in [0.4, 0.5) is 39.9 Å². The minimum absolute atomic E-state index is 0.0644. The van der Waals surface area contributed by atoms with Crippen LogP contribution < -0.4 is 21.1 Å². The smallest absolute Gasteiger partial charge is 0.428 e. The lowest BCUT2D eigenvalue weighted by molar-refractivity contribution is -0.253. The summed E-state index contributed by atoms with van der Waals surface area (Å²) < 4.78 is 112. The third-order valence-electron chi connectivity index (χ3n) is 5.33. The van der Waals surface area contributed by atoms with Gasteiger partial charge < -0.3 is 15.4 Å². The van der Waals surface area contributed by atoms with E-state index < -0.39 is 54.1 Å². The number of halogens is 8. The molecule has 13 heteroatoms. The molecule has 0 aliphatic heterocycles.